The van der Waals surface area contributed by atoms with Gasteiger partial charge in [0.15, 0.2) is 0 Å². The highest BCUT2D eigenvalue weighted by Crippen LogP contribution is 2.32. The Morgan fingerprint density at radius 2 is 2.05 bits per heavy atom. The van der Waals surface area contributed by atoms with Crippen molar-refractivity contribution in [2.45, 2.75) is 77.3 Å². The molecule has 0 saturated heterocycles. The second-order valence-electron chi connectivity index (χ2n) is 6.80. The van der Waals surface area contributed by atoms with Crippen LogP contribution < -0.4 is 10.6 Å². The highest BCUT2D eigenvalue weighted by Gasteiger charge is 2.43. The highest BCUT2D eigenvalue weighted by molar-refractivity contribution is 5.86. The molecule has 0 radical (unpaired) electrons. The van der Waals surface area contributed by atoms with Crippen LogP contribution in [-0.2, 0) is 4.79 Å². The van der Waals surface area contributed by atoms with Gasteiger partial charge in [-0.3, -0.25) is 0 Å². The molecule has 0 aromatic heterocycles. The zero-order valence-corrected chi connectivity index (χ0v) is 13.1. The van der Waals surface area contributed by atoms with Crippen molar-refractivity contribution in [3.05, 3.63) is 0 Å². The van der Waals surface area contributed by atoms with Crippen LogP contribution in [0.15, 0.2) is 0 Å². The van der Waals surface area contributed by atoms with E-state index in [1.807, 2.05) is 20.8 Å². The number of urea groups is 1. The molecule has 1 rings (SSSR count). The Hall–Kier alpha value is -1.26. The van der Waals surface area contributed by atoms with Crippen LogP contribution in [0.5, 0.6) is 0 Å². The van der Waals surface area contributed by atoms with Crippen LogP contribution in [0.2, 0.25) is 0 Å². The van der Waals surface area contributed by atoms with Gasteiger partial charge in [-0.05, 0) is 39.0 Å². The predicted octanol–water partition coefficient (Wildman–Crippen LogP) is 2.90. The van der Waals surface area contributed by atoms with Crippen molar-refractivity contribution in [1.29, 1.82) is 0 Å². The van der Waals surface area contributed by atoms with E-state index >= 15 is 0 Å². The first-order valence-electron chi connectivity index (χ1n) is 7.54. The fraction of sp³-hybridized carbons (Fsp3) is 0.867. The Bertz CT molecular complexity index is 368. The predicted molar refractivity (Wildman–Crippen MR) is 78.7 cm³/mol. The van der Waals surface area contributed by atoms with Gasteiger partial charge in [0.2, 0.25) is 0 Å². The van der Waals surface area contributed by atoms with Gasteiger partial charge in [0.25, 0.3) is 0 Å². The van der Waals surface area contributed by atoms with E-state index in [0.717, 1.165) is 25.7 Å². The largest absolute Gasteiger partial charge is 0.480 e. The van der Waals surface area contributed by atoms with E-state index in [1.54, 1.807) is 0 Å². The van der Waals surface area contributed by atoms with Gasteiger partial charge in [0.05, 0.1) is 0 Å². The van der Waals surface area contributed by atoms with Crippen LogP contribution in [0.1, 0.15) is 66.2 Å². The lowest BCUT2D eigenvalue weighted by Crippen LogP contribution is -2.61. The summed E-state index contributed by atoms with van der Waals surface area (Å²) < 4.78 is 0. The van der Waals surface area contributed by atoms with Crippen molar-refractivity contribution in [2.75, 3.05) is 0 Å². The number of hydrogen-bond acceptors (Lipinski definition) is 2. The van der Waals surface area contributed by atoms with E-state index in [0.29, 0.717) is 18.8 Å². The van der Waals surface area contributed by atoms with Crippen LogP contribution in [0.3, 0.4) is 0 Å². The average Bonchev–Trinajstić information content (AvgIpc) is 2.27. The van der Waals surface area contributed by atoms with Gasteiger partial charge < -0.3 is 15.7 Å². The molecule has 0 aromatic rings. The number of aliphatic carboxylic acids is 1. The summed E-state index contributed by atoms with van der Waals surface area (Å²) in [5, 5.41) is 15.1. The summed E-state index contributed by atoms with van der Waals surface area (Å²) in [7, 11) is 0. The lowest BCUT2D eigenvalue weighted by atomic mass is 9.76. The van der Waals surface area contributed by atoms with Crippen LogP contribution in [-0.4, -0.2) is 28.2 Å². The monoisotopic (exact) mass is 284 g/mol. The van der Waals surface area contributed by atoms with E-state index in [9.17, 15) is 14.7 Å². The molecular formula is C15H28N2O3. The fourth-order valence-corrected chi connectivity index (χ4v) is 3.16. The second kappa shape index (κ2) is 6.46. The second-order valence-corrected chi connectivity index (χ2v) is 6.80. The molecule has 20 heavy (non-hydrogen) atoms. The zero-order chi connectivity index (χ0) is 15.4. The first kappa shape index (κ1) is 16.8. The highest BCUT2D eigenvalue weighted by atomic mass is 16.4. The summed E-state index contributed by atoms with van der Waals surface area (Å²) >= 11 is 0. The van der Waals surface area contributed by atoms with Gasteiger partial charge in [0.1, 0.15) is 5.54 Å². The minimum absolute atomic E-state index is 0.321. The standard InChI is InChI=1S/C15H28N2O3/c1-5-8-14(3,4)16-13(20)17-15(12(18)19)9-6-7-11(2)10-15/h11H,5-10H2,1-4H3,(H,18,19)(H2,16,17,20). The lowest BCUT2D eigenvalue weighted by Gasteiger charge is -2.38. The summed E-state index contributed by atoms with van der Waals surface area (Å²) in [5.41, 5.74) is -1.43. The maximum Gasteiger partial charge on any atom is 0.329 e. The molecule has 3 N–H and O–H groups in total. The van der Waals surface area contributed by atoms with Crippen LogP contribution in [0.4, 0.5) is 4.79 Å². The van der Waals surface area contributed by atoms with Crippen molar-refractivity contribution < 1.29 is 14.7 Å². The topological polar surface area (TPSA) is 78.4 Å². The molecule has 2 amide bonds. The average molecular weight is 284 g/mol. The zero-order valence-electron chi connectivity index (χ0n) is 13.1. The molecule has 1 saturated carbocycles. The van der Waals surface area contributed by atoms with Crippen molar-refractivity contribution in [3.63, 3.8) is 0 Å². The molecule has 2 unspecified atom stereocenters. The van der Waals surface area contributed by atoms with E-state index in [1.165, 1.54) is 0 Å². The molecule has 1 fully saturated rings. The minimum atomic E-state index is -1.11. The number of amides is 2. The number of rotatable bonds is 5. The molecule has 1 aliphatic carbocycles. The van der Waals surface area contributed by atoms with E-state index in [-0.39, 0.29) is 11.6 Å². The molecule has 2 atom stereocenters. The van der Waals surface area contributed by atoms with Crippen molar-refractivity contribution in [2.24, 2.45) is 5.92 Å². The molecule has 0 aromatic carbocycles. The van der Waals surface area contributed by atoms with Crippen LogP contribution in [0, 0.1) is 5.92 Å². The van der Waals surface area contributed by atoms with E-state index in [2.05, 4.69) is 17.6 Å². The van der Waals surface area contributed by atoms with Crippen LogP contribution in [0.25, 0.3) is 0 Å². The maximum absolute atomic E-state index is 12.1. The van der Waals surface area contributed by atoms with Crippen molar-refractivity contribution in [3.8, 4) is 0 Å². The first-order valence-corrected chi connectivity index (χ1v) is 7.54. The third-order valence-corrected chi connectivity index (χ3v) is 4.09. The number of nitrogens with one attached hydrogen (secondary N) is 2. The third-order valence-electron chi connectivity index (χ3n) is 4.09. The first-order chi connectivity index (χ1) is 9.21. The van der Waals surface area contributed by atoms with E-state index in [4.69, 9.17) is 0 Å². The Morgan fingerprint density at radius 1 is 1.40 bits per heavy atom. The molecule has 0 aliphatic heterocycles. The van der Waals surface area contributed by atoms with Gasteiger partial charge in [0, 0.05) is 5.54 Å². The Balaban J connectivity index is 2.71. The Kier molecular flexibility index (Phi) is 5.42. The molecule has 0 spiro atoms. The van der Waals surface area contributed by atoms with Gasteiger partial charge in [-0.2, -0.15) is 0 Å². The van der Waals surface area contributed by atoms with Crippen LogP contribution >= 0.6 is 0 Å². The normalized spacial score (nSPS) is 26.9. The summed E-state index contributed by atoms with van der Waals surface area (Å²) in [5.74, 6) is -0.601. The lowest BCUT2D eigenvalue weighted by molar-refractivity contribution is -0.146. The van der Waals surface area contributed by atoms with Gasteiger partial charge >= 0.3 is 12.0 Å². The number of carbonyl (C=O) groups is 2. The molecular weight excluding hydrogens is 256 g/mol. The molecule has 0 heterocycles. The van der Waals surface area contributed by atoms with Gasteiger partial charge in [-0.25, -0.2) is 9.59 Å². The minimum Gasteiger partial charge on any atom is -0.480 e. The summed E-state index contributed by atoms with van der Waals surface area (Å²) in [6.07, 6.45) is 4.70. The third kappa shape index (κ3) is 4.39. The number of carboxylic acid groups (broad SMARTS) is 1. The van der Waals surface area contributed by atoms with Crippen molar-refractivity contribution in [1.82, 2.24) is 10.6 Å². The number of hydrogen-bond donors (Lipinski definition) is 3. The Labute approximate surface area is 121 Å². The van der Waals surface area contributed by atoms with Crippen molar-refractivity contribution >= 4 is 12.0 Å². The summed E-state index contributed by atoms with van der Waals surface area (Å²) in [6, 6.07) is -0.375. The molecule has 0 bridgehead atoms. The molecule has 5 heteroatoms. The smallest absolute Gasteiger partial charge is 0.329 e. The molecule has 116 valence electrons. The number of carboxylic acids is 1. The molecule has 1 aliphatic rings. The van der Waals surface area contributed by atoms with Gasteiger partial charge in [-0.15, -0.1) is 0 Å². The van der Waals surface area contributed by atoms with E-state index < -0.39 is 11.5 Å². The molecule has 5 nitrogen and oxygen atoms in total. The fourth-order valence-electron chi connectivity index (χ4n) is 3.16. The summed E-state index contributed by atoms with van der Waals surface area (Å²) in [4.78, 5) is 23.7. The Morgan fingerprint density at radius 3 is 2.55 bits per heavy atom. The maximum atomic E-state index is 12.1. The SMILES string of the molecule is CCCC(C)(C)NC(=O)NC1(C(=O)O)CCCC(C)C1. The number of carbonyl (C=O) groups excluding carboxylic acids is 1. The van der Waals surface area contributed by atoms with Gasteiger partial charge in [-0.1, -0.05) is 33.1 Å². The quantitative estimate of drug-likeness (QED) is 0.726. The summed E-state index contributed by atoms with van der Waals surface area (Å²) in [6.45, 7) is 8.00.